The van der Waals surface area contributed by atoms with Crippen molar-refractivity contribution < 1.29 is 19.2 Å². The first-order valence-corrected chi connectivity index (χ1v) is 7.53. The van der Waals surface area contributed by atoms with Gasteiger partial charge in [0.15, 0.2) is 0 Å². The van der Waals surface area contributed by atoms with Crippen LogP contribution in [-0.4, -0.2) is 52.9 Å². The predicted molar refractivity (Wildman–Crippen MR) is 79.7 cm³/mol. The molecule has 0 aliphatic carbocycles. The van der Waals surface area contributed by atoms with Gasteiger partial charge in [-0.25, -0.2) is 0 Å². The molecule has 22 heavy (non-hydrogen) atoms. The van der Waals surface area contributed by atoms with Crippen LogP contribution in [0.25, 0.3) is 0 Å². The maximum Gasteiger partial charge on any atom is 0.301 e. The lowest BCUT2D eigenvalue weighted by Crippen LogP contribution is -2.48. The number of imide groups is 1. The normalized spacial score (nSPS) is 20.1. The molecule has 118 valence electrons. The summed E-state index contributed by atoms with van der Waals surface area (Å²) in [4.78, 5) is 50.9. The van der Waals surface area contributed by atoms with E-state index in [2.05, 4.69) is 6.58 Å². The van der Waals surface area contributed by atoms with E-state index < -0.39 is 24.1 Å². The van der Waals surface area contributed by atoms with Gasteiger partial charge < -0.3 is 4.90 Å². The van der Waals surface area contributed by atoms with Crippen molar-refractivity contribution in [3.63, 3.8) is 0 Å². The number of ketones is 1. The van der Waals surface area contributed by atoms with Crippen LogP contribution in [0.2, 0.25) is 0 Å². The molecule has 0 unspecified atom stereocenters. The van der Waals surface area contributed by atoms with Crippen molar-refractivity contribution in [3.05, 3.63) is 23.8 Å². The maximum atomic E-state index is 12.3. The zero-order valence-corrected chi connectivity index (χ0v) is 12.8. The lowest BCUT2D eigenvalue weighted by molar-refractivity contribution is -0.152. The standard InChI is InChI=1S/C16H20N2O4/c1-3-12-9-13(19)16(22)18(15(21)11(12)2)10-14(20)17-7-5-4-6-8-17/h9H,2-8,10H2,1H3. The van der Waals surface area contributed by atoms with Crippen LogP contribution in [0.3, 0.4) is 0 Å². The lowest BCUT2D eigenvalue weighted by Gasteiger charge is -2.29. The van der Waals surface area contributed by atoms with Gasteiger partial charge in [-0.2, -0.15) is 0 Å². The number of nitrogens with zero attached hydrogens (tertiary/aromatic N) is 2. The van der Waals surface area contributed by atoms with Crippen LogP contribution in [0, 0.1) is 0 Å². The Kier molecular flexibility index (Phi) is 4.90. The van der Waals surface area contributed by atoms with Gasteiger partial charge in [0.1, 0.15) is 6.54 Å². The minimum Gasteiger partial charge on any atom is -0.341 e. The molecule has 2 heterocycles. The van der Waals surface area contributed by atoms with E-state index in [0.717, 1.165) is 30.2 Å². The van der Waals surface area contributed by atoms with Crippen LogP contribution in [0.4, 0.5) is 0 Å². The van der Waals surface area contributed by atoms with E-state index >= 15 is 0 Å². The molecule has 3 amide bonds. The van der Waals surface area contributed by atoms with Gasteiger partial charge in [0, 0.05) is 18.7 Å². The molecule has 0 N–H and O–H groups in total. The Bertz CT molecular complexity index is 571. The van der Waals surface area contributed by atoms with Gasteiger partial charge in [0.2, 0.25) is 11.7 Å². The number of hydrogen-bond donors (Lipinski definition) is 0. The lowest BCUT2D eigenvalue weighted by atomic mass is 10.0. The van der Waals surface area contributed by atoms with Crippen molar-refractivity contribution in [2.45, 2.75) is 32.6 Å². The fraction of sp³-hybridized carbons (Fsp3) is 0.500. The molecule has 2 rings (SSSR count). The third kappa shape index (κ3) is 3.16. The second-order valence-electron chi connectivity index (χ2n) is 5.50. The summed E-state index contributed by atoms with van der Waals surface area (Å²) >= 11 is 0. The van der Waals surface area contributed by atoms with E-state index in [0.29, 0.717) is 25.1 Å². The van der Waals surface area contributed by atoms with Gasteiger partial charge in [-0.15, -0.1) is 0 Å². The van der Waals surface area contributed by atoms with Crippen molar-refractivity contribution in [1.82, 2.24) is 9.80 Å². The number of carbonyl (C=O) groups excluding carboxylic acids is 4. The number of amides is 3. The van der Waals surface area contributed by atoms with Crippen molar-refractivity contribution in [2.24, 2.45) is 0 Å². The van der Waals surface area contributed by atoms with Crippen LogP contribution >= 0.6 is 0 Å². The van der Waals surface area contributed by atoms with Crippen molar-refractivity contribution in [1.29, 1.82) is 0 Å². The average molecular weight is 304 g/mol. The summed E-state index contributed by atoms with van der Waals surface area (Å²) < 4.78 is 0. The third-order valence-electron chi connectivity index (χ3n) is 4.04. The van der Waals surface area contributed by atoms with E-state index in [1.807, 2.05) is 0 Å². The second kappa shape index (κ2) is 6.68. The van der Waals surface area contributed by atoms with Crippen LogP contribution in [0.1, 0.15) is 32.6 Å². The molecule has 0 atom stereocenters. The summed E-state index contributed by atoms with van der Waals surface area (Å²) in [5.41, 5.74) is 0.546. The van der Waals surface area contributed by atoms with E-state index in [9.17, 15) is 19.2 Å². The first-order chi connectivity index (χ1) is 10.5. The summed E-state index contributed by atoms with van der Waals surface area (Å²) in [7, 11) is 0. The fourth-order valence-corrected chi connectivity index (χ4v) is 2.67. The van der Waals surface area contributed by atoms with Crippen molar-refractivity contribution in [2.75, 3.05) is 19.6 Å². The number of likely N-dealkylation sites (tertiary alicyclic amines) is 1. The van der Waals surface area contributed by atoms with Gasteiger partial charge in [-0.05, 0) is 37.3 Å². The number of hydrogen-bond acceptors (Lipinski definition) is 4. The second-order valence-corrected chi connectivity index (χ2v) is 5.50. The largest absolute Gasteiger partial charge is 0.341 e. The van der Waals surface area contributed by atoms with Gasteiger partial charge >= 0.3 is 5.91 Å². The maximum absolute atomic E-state index is 12.3. The molecule has 1 fully saturated rings. The van der Waals surface area contributed by atoms with Crippen LogP contribution in [0.15, 0.2) is 23.8 Å². The zero-order chi connectivity index (χ0) is 16.3. The Morgan fingerprint density at radius 1 is 1.14 bits per heavy atom. The Balaban J connectivity index is 2.17. The van der Waals surface area contributed by atoms with Gasteiger partial charge in [-0.3, -0.25) is 24.1 Å². The minimum absolute atomic E-state index is 0.105. The van der Waals surface area contributed by atoms with E-state index in [-0.39, 0.29) is 11.5 Å². The molecule has 0 spiro atoms. The van der Waals surface area contributed by atoms with Crippen molar-refractivity contribution >= 4 is 23.5 Å². The van der Waals surface area contributed by atoms with Crippen LogP contribution in [0.5, 0.6) is 0 Å². The SMILES string of the molecule is C=C1C(=O)N(CC(=O)N2CCCCC2)C(=O)C(=O)C=C1CC. The fourth-order valence-electron chi connectivity index (χ4n) is 2.67. The molecular formula is C16H20N2O4. The topological polar surface area (TPSA) is 74.8 Å². The Morgan fingerprint density at radius 2 is 1.77 bits per heavy atom. The van der Waals surface area contributed by atoms with Crippen LogP contribution in [-0.2, 0) is 19.2 Å². The molecule has 6 nitrogen and oxygen atoms in total. The summed E-state index contributed by atoms with van der Waals surface area (Å²) in [5, 5.41) is 0. The molecule has 0 aromatic rings. The van der Waals surface area contributed by atoms with Crippen molar-refractivity contribution in [3.8, 4) is 0 Å². The minimum atomic E-state index is -0.958. The number of piperidine rings is 1. The first kappa shape index (κ1) is 16.1. The summed E-state index contributed by atoms with van der Waals surface area (Å²) in [6, 6.07) is 0. The number of rotatable bonds is 3. The quantitative estimate of drug-likeness (QED) is 0.440. The monoisotopic (exact) mass is 304 g/mol. The predicted octanol–water partition coefficient (Wildman–Crippen LogP) is 0.829. The zero-order valence-electron chi connectivity index (χ0n) is 12.8. The molecule has 0 bridgehead atoms. The molecule has 2 aliphatic rings. The number of carbonyl (C=O) groups is 4. The Labute approximate surface area is 129 Å². The highest BCUT2D eigenvalue weighted by atomic mass is 16.2. The molecule has 0 aromatic heterocycles. The highest BCUT2D eigenvalue weighted by Crippen LogP contribution is 2.19. The van der Waals surface area contributed by atoms with Gasteiger partial charge in [-0.1, -0.05) is 13.5 Å². The molecule has 0 saturated carbocycles. The summed E-state index contributed by atoms with van der Waals surface area (Å²) in [6.07, 6.45) is 4.48. The summed E-state index contributed by atoms with van der Waals surface area (Å²) in [5.74, 6) is -2.70. The highest BCUT2D eigenvalue weighted by molar-refractivity contribution is 6.45. The molecule has 0 aromatic carbocycles. The molecular weight excluding hydrogens is 284 g/mol. The third-order valence-corrected chi connectivity index (χ3v) is 4.04. The smallest absolute Gasteiger partial charge is 0.301 e. The Hall–Kier alpha value is -2.24. The molecule has 1 saturated heterocycles. The van der Waals surface area contributed by atoms with E-state index in [1.165, 1.54) is 0 Å². The van der Waals surface area contributed by atoms with E-state index in [1.54, 1.807) is 11.8 Å². The summed E-state index contributed by atoms with van der Waals surface area (Å²) in [6.45, 7) is 6.29. The van der Waals surface area contributed by atoms with Gasteiger partial charge in [0.05, 0.1) is 0 Å². The first-order valence-electron chi connectivity index (χ1n) is 7.53. The van der Waals surface area contributed by atoms with Crippen LogP contribution < -0.4 is 0 Å². The molecule has 2 aliphatic heterocycles. The average Bonchev–Trinajstić information content (AvgIpc) is 2.61. The van der Waals surface area contributed by atoms with Gasteiger partial charge in [0.25, 0.3) is 5.91 Å². The molecule has 6 heteroatoms. The highest BCUT2D eigenvalue weighted by Gasteiger charge is 2.34. The molecule has 0 radical (unpaired) electrons. The Morgan fingerprint density at radius 3 is 2.36 bits per heavy atom. The van der Waals surface area contributed by atoms with E-state index in [4.69, 9.17) is 0 Å².